The molecular weight excluding hydrogens is 306 g/mol. The van der Waals surface area contributed by atoms with Gasteiger partial charge in [-0.1, -0.05) is 0 Å². The molecule has 1 heterocycles. The fourth-order valence-electron chi connectivity index (χ4n) is 1.77. The van der Waals surface area contributed by atoms with E-state index in [2.05, 4.69) is 26.2 Å². The molecule has 1 aromatic heterocycles. The number of halogens is 3. The van der Waals surface area contributed by atoms with E-state index in [-0.39, 0.29) is 22.0 Å². The number of rotatable bonds is 3. The smallest absolute Gasteiger partial charge is 0.150 e. The molecule has 0 aliphatic heterocycles. The Balaban J connectivity index is 2.82. The van der Waals surface area contributed by atoms with Gasteiger partial charge in [0, 0.05) is 19.8 Å². The van der Waals surface area contributed by atoms with Crippen molar-refractivity contribution in [3.8, 4) is 0 Å². The zero-order chi connectivity index (χ0) is 13.3. The number of aromatic nitrogens is 1. The van der Waals surface area contributed by atoms with Crippen LogP contribution in [-0.2, 0) is 11.3 Å². The molecule has 0 unspecified atom stereocenters. The van der Waals surface area contributed by atoms with Crippen LogP contribution in [0.4, 0.5) is 14.5 Å². The highest BCUT2D eigenvalue weighted by Crippen LogP contribution is 2.32. The molecular formula is C12H11BrF2N2O. The Morgan fingerprint density at radius 3 is 2.72 bits per heavy atom. The average Bonchev–Trinajstić information content (AvgIpc) is 2.35. The van der Waals surface area contributed by atoms with E-state index in [1.807, 2.05) is 0 Å². The Morgan fingerprint density at radius 1 is 1.39 bits per heavy atom. The van der Waals surface area contributed by atoms with E-state index in [1.165, 1.54) is 7.11 Å². The highest BCUT2D eigenvalue weighted by atomic mass is 79.9. The largest absolute Gasteiger partial charge is 0.387 e. The molecule has 0 saturated carbocycles. The topological polar surface area (TPSA) is 34.1 Å². The molecule has 0 atom stereocenters. The molecule has 0 radical (unpaired) electrons. The number of anilines is 1. The van der Waals surface area contributed by atoms with Crippen LogP contribution in [0, 0.1) is 11.6 Å². The minimum atomic E-state index is -0.576. The summed E-state index contributed by atoms with van der Waals surface area (Å²) in [6.07, 6.45) is 0. The van der Waals surface area contributed by atoms with Gasteiger partial charge in [-0.3, -0.25) is 0 Å². The molecule has 6 heteroatoms. The molecule has 0 spiro atoms. The Hall–Kier alpha value is -1.27. The lowest BCUT2D eigenvalue weighted by atomic mass is 10.1. The number of fused-ring (bicyclic) bond motifs is 1. The molecule has 2 aromatic rings. The number of methoxy groups -OCH3 is 1. The monoisotopic (exact) mass is 316 g/mol. The van der Waals surface area contributed by atoms with Crippen LogP contribution in [0.15, 0.2) is 16.6 Å². The van der Waals surface area contributed by atoms with Crippen LogP contribution in [0.5, 0.6) is 0 Å². The molecule has 1 N–H and O–H groups in total. The Labute approximate surface area is 111 Å². The van der Waals surface area contributed by atoms with Crippen LogP contribution in [0.25, 0.3) is 10.9 Å². The summed E-state index contributed by atoms with van der Waals surface area (Å²) in [6, 6.07) is 2.71. The fraction of sp³-hybridized carbons (Fsp3) is 0.250. The van der Waals surface area contributed by atoms with Gasteiger partial charge < -0.3 is 10.1 Å². The molecule has 0 saturated heterocycles. The third kappa shape index (κ3) is 2.18. The third-order valence-corrected chi connectivity index (χ3v) is 3.12. The molecule has 0 aliphatic carbocycles. The normalized spacial score (nSPS) is 10.9. The quantitative estimate of drug-likeness (QED) is 0.880. The number of benzene rings is 1. The van der Waals surface area contributed by atoms with Crippen molar-refractivity contribution in [2.75, 3.05) is 19.5 Å². The first-order chi connectivity index (χ1) is 8.58. The zero-order valence-electron chi connectivity index (χ0n) is 9.85. The van der Waals surface area contributed by atoms with Crippen LogP contribution < -0.4 is 5.32 Å². The summed E-state index contributed by atoms with van der Waals surface area (Å²) in [7, 11) is 3.16. The first kappa shape index (κ1) is 13.2. The molecule has 0 fully saturated rings. The molecule has 0 amide bonds. The Kier molecular flexibility index (Phi) is 3.77. The van der Waals surface area contributed by atoms with Crippen molar-refractivity contribution in [1.82, 2.24) is 4.98 Å². The predicted octanol–water partition coefficient (Wildman–Crippen LogP) is 3.46. The van der Waals surface area contributed by atoms with E-state index in [0.29, 0.717) is 11.4 Å². The highest BCUT2D eigenvalue weighted by molar-refractivity contribution is 9.10. The van der Waals surface area contributed by atoms with Gasteiger partial charge in [-0.2, -0.15) is 0 Å². The number of nitrogens with one attached hydrogen (secondary N) is 1. The van der Waals surface area contributed by atoms with Crippen molar-refractivity contribution in [1.29, 1.82) is 0 Å². The second kappa shape index (κ2) is 5.16. The number of nitrogens with zero attached hydrogens (tertiary/aromatic N) is 1. The first-order valence-electron chi connectivity index (χ1n) is 5.22. The number of hydrogen-bond acceptors (Lipinski definition) is 3. The number of pyridine rings is 1. The molecule has 18 heavy (non-hydrogen) atoms. The van der Waals surface area contributed by atoms with Crippen molar-refractivity contribution >= 4 is 32.5 Å². The predicted molar refractivity (Wildman–Crippen MR) is 69.6 cm³/mol. The van der Waals surface area contributed by atoms with Crippen molar-refractivity contribution in [3.05, 3.63) is 33.9 Å². The molecule has 3 nitrogen and oxygen atoms in total. The first-order valence-corrected chi connectivity index (χ1v) is 6.01. The second-order valence-corrected chi connectivity index (χ2v) is 4.58. The maximum atomic E-state index is 14.0. The molecule has 96 valence electrons. The van der Waals surface area contributed by atoms with Gasteiger partial charge in [-0.05, 0) is 28.1 Å². The maximum absolute atomic E-state index is 14.0. The second-order valence-electron chi connectivity index (χ2n) is 3.72. The summed E-state index contributed by atoms with van der Waals surface area (Å²) in [5.74, 6) is -1.11. The lowest BCUT2D eigenvalue weighted by molar-refractivity contribution is 0.182. The van der Waals surface area contributed by atoms with Gasteiger partial charge in [0.2, 0.25) is 0 Å². The molecule has 0 bridgehead atoms. The van der Waals surface area contributed by atoms with Gasteiger partial charge in [-0.15, -0.1) is 0 Å². The van der Waals surface area contributed by atoms with Crippen molar-refractivity contribution in [3.63, 3.8) is 0 Å². The van der Waals surface area contributed by atoms with E-state index < -0.39 is 11.6 Å². The van der Waals surface area contributed by atoms with E-state index in [9.17, 15) is 8.78 Å². The van der Waals surface area contributed by atoms with Gasteiger partial charge >= 0.3 is 0 Å². The van der Waals surface area contributed by atoms with Gasteiger partial charge in [0.25, 0.3) is 0 Å². The van der Waals surface area contributed by atoms with Crippen LogP contribution in [-0.4, -0.2) is 19.1 Å². The van der Waals surface area contributed by atoms with Gasteiger partial charge in [0.15, 0.2) is 5.82 Å². The zero-order valence-corrected chi connectivity index (χ0v) is 11.4. The van der Waals surface area contributed by atoms with Crippen molar-refractivity contribution in [2.45, 2.75) is 6.61 Å². The summed E-state index contributed by atoms with van der Waals surface area (Å²) in [5, 5.41) is 2.97. The van der Waals surface area contributed by atoms with Crippen LogP contribution in [0.1, 0.15) is 5.69 Å². The van der Waals surface area contributed by atoms with E-state index in [1.54, 1.807) is 13.1 Å². The summed E-state index contributed by atoms with van der Waals surface area (Å²) in [5.41, 5.74) is 1.01. The average molecular weight is 317 g/mol. The number of hydrogen-bond donors (Lipinski definition) is 1. The minimum absolute atomic E-state index is 0.00500. The summed E-state index contributed by atoms with van der Waals surface area (Å²) >= 11 is 2.98. The molecule has 2 rings (SSSR count). The van der Waals surface area contributed by atoms with Crippen LogP contribution >= 0.6 is 15.9 Å². The lowest BCUT2D eigenvalue weighted by Crippen LogP contribution is -2.01. The lowest BCUT2D eigenvalue weighted by Gasteiger charge is -2.11. The van der Waals surface area contributed by atoms with E-state index in [0.717, 1.165) is 6.07 Å². The standard InChI is InChI=1S/C12H11BrF2N2O/c1-16-9-3-6(5-18-2)17-12-8(14)4-7(13)11(15)10(9)12/h3-4H,5H2,1-2H3,(H,16,17). The van der Waals surface area contributed by atoms with Gasteiger partial charge in [-0.25, -0.2) is 13.8 Å². The number of ether oxygens (including phenoxy) is 1. The summed E-state index contributed by atoms with van der Waals surface area (Å²) < 4.78 is 32.9. The van der Waals surface area contributed by atoms with Crippen LogP contribution in [0.2, 0.25) is 0 Å². The Morgan fingerprint density at radius 2 is 2.11 bits per heavy atom. The maximum Gasteiger partial charge on any atom is 0.150 e. The SMILES string of the molecule is CNc1cc(COC)nc2c(F)cc(Br)c(F)c12. The van der Waals surface area contributed by atoms with Gasteiger partial charge in [0.1, 0.15) is 11.3 Å². The van der Waals surface area contributed by atoms with E-state index in [4.69, 9.17) is 4.74 Å². The van der Waals surface area contributed by atoms with E-state index >= 15 is 0 Å². The third-order valence-electron chi connectivity index (χ3n) is 2.54. The van der Waals surface area contributed by atoms with Crippen molar-refractivity contribution < 1.29 is 13.5 Å². The molecule has 0 aliphatic rings. The highest BCUT2D eigenvalue weighted by Gasteiger charge is 2.16. The van der Waals surface area contributed by atoms with Crippen molar-refractivity contribution in [2.24, 2.45) is 0 Å². The fourth-order valence-corrected chi connectivity index (χ4v) is 2.17. The summed E-state index contributed by atoms with van der Waals surface area (Å²) in [6.45, 7) is 0.238. The minimum Gasteiger partial charge on any atom is -0.387 e. The summed E-state index contributed by atoms with van der Waals surface area (Å²) in [4.78, 5) is 4.07. The Bertz CT molecular complexity index is 604. The van der Waals surface area contributed by atoms with Gasteiger partial charge in [0.05, 0.1) is 22.2 Å². The van der Waals surface area contributed by atoms with Crippen LogP contribution in [0.3, 0.4) is 0 Å². The molecule has 1 aromatic carbocycles.